The van der Waals surface area contributed by atoms with E-state index < -0.39 is 29.2 Å². The molecule has 0 aromatic heterocycles. The molecule has 28 heavy (non-hydrogen) atoms. The van der Waals surface area contributed by atoms with Crippen LogP contribution in [0, 0.1) is 5.92 Å². The zero-order chi connectivity index (χ0) is 21.7. The number of carbonyl (C=O) groups excluding carboxylic acids is 2. The summed E-state index contributed by atoms with van der Waals surface area (Å²) < 4.78 is 10.5. The Kier molecular flexibility index (Phi) is 8.29. The molecule has 0 spiro atoms. The summed E-state index contributed by atoms with van der Waals surface area (Å²) in [6, 6.07) is -0.783. The minimum atomic E-state index is -1.17. The molecule has 0 aromatic carbocycles. The number of hydrogen-bond donors (Lipinski definition) is 1. The van der Waals surface area contributed by atoms with Gasteiger partial charge in [0.15, 0.2) is 0 Å². The van der Waals surface area contributed by atoms with Gasteiger partial charge < -0.3 is 19.5 Å². The average Bonchev–Trinajstić information content (AvgIpc) is 3.35. The predicted octanol–water partition coefficient (Wildman–Crippen LogP) is 2.75. The van der Waals surface area contributed by atoms with Gasteiger partial charge in [0.05, 0.1) is 0 Å². The molecule has 1 unspecified atom stereocenters. The fourth-order valence-corrected chi connectivity index (χ4v) is 3.13. The number of rotatable bonds is 10. The molecule has 1 atom stereocenters. The molecule has 0 bridgehead atoms. The molecule has 8 heteroatoms. The van der Waals surface area contributed by atoms with Crippen molar-refractivity contribution < 1.29 is 29.0 Å². The van der Waals surface area contributed by atoms with Crippen molar-refractivity contribution in [2.45, 2.75) is 77.5 Å². The average molecular weight is 401 g/mol. The molecule has 8 nitrogen and oxygen atoms in total. The van der Waals surface area contributed by atoms with Crippen LogP contribution < -0.4 is 0 Å². The molecule has 0 heterocycles. The lowest BCUT2D eigenvalue weighted by Gasteiger charge is -2.37. The van der Waals surface area contributed by atoms with Crippen molar-refractivity contribution in [2.24, 2.45) is 5.92 Å². The molecular weight excluding hydrogens is 364 g/mol. The third kappa shape index (κ3) is 6.36. The number of hydrogen-bond acceptors (Lipinski definition) is 5. The van der Waals surface area contributed by atoms with Gasteiger partial charge in [0, 0.05) is 27.3 Å². The topological polar surface area (TPSA) is 96.4 Å². The van der Waals surface area contributed by atoms with Gasteiger partial charge in [0.25, 0.3) is 0 Å². The second-order valence-corrected chi connectivity index (χ2v) is 8.91. The molecule has 1 saturated carbocycles. The molecule has 1 fully saturated rings. The van der Waals surface area contributed by atoms with E-state index in [0.29, 0.717) is 32.3 Å². The second kappa shape index (κ2) is 9.58. The normalized spacial score (nSPS) is 16.4. The van der Waals surface area contributed by atoms with Crippen molar-refractivity contribution in [3.63, 3.8) is 0 Å². The standard InChI is InChI=1S/C20H36N2O6/c1-14(2)13-15(21(6)18(26)28-19(3,4)5)16(23)22(11-8-12-27-7)20(9-10-20)17(24)25/h14-15H,8-13H2,1-7H3,(H,24,25). The van der Waals surface area contributed by atoms with E-state index >= 15 is 0 Å². The van der Waals surface area contributed by atoms with Crippen molar-refractivity contribution in [3.8, 4) is 0 Å². The van der Waals surface area contributed by atoms with Crippen LogP contribution in [0.4, 0.5) is 4.79 Å². The van der Waals surface area contributed by atoms with Gasteiger partial charge in [-0.1, -0.05) is 13.8 Å². The molecule has 1 aliphatic carbocycles. The molecule has 1 aliphatic rings. The van der Waals surface area contributed by atoms with Gasteiger partial charge in [-0.25, -0.2) is 9.59 Å². The highest BCUT2D eigenvalue weighted by Gasteiger charge is 2.57. The Balaban J connectivity index is 3.12. The van der Waals surface area contributed by atoms with E-state index in [4.69, 9.17) is 9.47 Å². The number of amides is 2. The van der Waals surface area contributed by atoms with Crippen molar-refractivity contribution in [2.75, 3.05) is 27.3 Å². The maximum atomic E-state index is 13.4. The third-order valence-electron chi connectivity index (χ3n) is 4.76. The van der Waals surface area contributed by atoms with E-state index in [9.17, 15) is 19.5 Å². The third-order valence-corrected chi connectivity index (χ3v) is 4.76. The van der Waals surface area contributed by atoms with Crippen molar-refractivity contribution in [3.05, 3.63) is 0 Å². The summed E-state index contributed by atoms with van der Waals surface area (Å²) in [5.41, 5.74) is -1.86. The van der Waals surface area contributed by atoms with Gasteiger partial charge >= 0.3 is 12.1 Å². The highest BCUT2D eigenvalue weighted by molar-refractivity contribution is 5.93. The zero-order valence-electron chi connectivity index (χ0n) is 18.3. The Hall–Kier alpha value is -1.83. The van der Waals surface area contributed by atoms with E-state index in [1.165, 1.54) is 16.8 Å². The first kappa shape index (κ1) is 24.2. The minimum absolute atomic E-state index is 0.139. The molecule has 0 aliphatic heterocycles. The number of carboxylic acids is 1. The number of ether oxygens (including phenoxy) is 2. The number of aliphatic carboxylic acids is 1. The first-order valence-electron chi connectivity index (χ1n) is 9.85. The van der Waals surface area contributed by atoms with Crippen LogP contribution in [0.5, 0.6) is 0 Å². The van der Waals surface area contributed by atoms with Crippen LogP contribution in [0.1, 0.15) is 60.3 Å². The number of likely N-dealkylation sites (N-methyl/N-ethyl adjacent to an activating group) is 1. The number of methoxy groups -OCH3 is 1. The number of carboxylic acid groups (broad SMARTS) is 1. The predicted molar refractivity (Wildman–Crippen MR) is 105 cm³/mol. The lowest BCUT2D eigenvalue weighted by molar-refractivity contribution is -0.155. The maximum Gasteiger partial charge on any atom is 0.410 e. The summed E-state index contributed by atoms with van der Waals surface area (Å²) in [6.07, 6.45) is 1.20. The fourth-order valence-electron chi connectivity index (χ4n) is 3.13. The molecular formula is C20H36N2O6. The van der Waals surface area contributed by atoms with Crippen LogP contribution in [0.25, 0.3) is 0 Å². The van der Waals surface area contributed by atoms with E-state index in [-0.39, 0.29) is 18.4 Å². The smallest absolute Gasteiger partial charge is 0.410 e. The van der Waals surface area contributed by atoms with E-state index in [1.54, 1.807) is 27.9 Å². The van der Waals surface area contributed by atoms with Gasteiger partial charge in [-0.3, -0.25) is 9.69 Å². The summed E-state index contributed by atoms with van der Waals surface area (Å²) in [5.74, 6) is -1.21. The quantitative estimate of drug-likeness (QED) is 0.567. The second-order valence-electron chi connectivity index (χ2n) is 8.91. The van der Waals surface area contributed by atoms with Gasteiger partial charge in [-0.05, 0) is 52.4 Å². The van der Waals surface area contributed by atoms with Crippen molar-refractivity contribution in [1.82, 2.24) is 9.80 Å². The molecule has 0 radical (unpaired) electrons. The summed E-state index contributed by atoms with van der Waals surface area (Å²) in [7, 11) is 3.10. The Morgan fingerprint density at radius 3 is 2.14 bits per heavy atom. The molecule has 2 amide bonds. The molecule has 1 rings (SSSR count). The summed E-state index contributed by atoms with van der Waals surface area (Å²) in [4.78, 5) is 40.6. The van der Waals surface area contributed by atoms with Crippen LogP contribution in [0.2, 0.25) is 0 Å². The summed E-state index contributed by atoms with van der Waals surface area (Å²) in [5, 5.41) is 9.71. The largest absolute Gasteiger partial charge is 0.479 e. The van der Waals surface area contributed by atoms with Crippen LogP contribution >= 0.6 is 0 Å². The molecule has 1 N–H and O–H groups in total. The highest BCUT2D eigenvalue weighted by atomic mass is 16.6. The number of nitrogens with zero attached hydrogens (tertiary/aromatic N) is 2. The van der Waals surface area contributed by atoms with Crippen molar-refractivity contribution >= 4 is 18.0 Å². The monoisotopic (exact) mass is 400 g/mol. The Bertz CT molecular complexity index is 566. The fraction of sp³-hybridized carbons (Fsp3) is 0.850. The van der Waals surface area contributed by atoms with Gasteiger partial charge in [0.1, 0.15) is 17.2 Å². The number of carbonyl (C=O) groups is 3. The summed E-state index contributed by atoms with van der Waals surface area (Å²) >= 11 is 0. The lowest BCUT2D eigenvalue weighted by atomic mass is 10.00. The van der Waals surface area contributed by atoms with E-state index in [0.717, 1.165) is 0 Å². The summed E-state index contributed by atoms with van der Waals surface area (Å²) in [6.45, 7) is 9.91. The highest BCUT2D eigenvalue weighted by Crippen LogP contribution is 2.43. The first-order valence-corrected chi connectivity index (χ1v) is 9.85. The Labute approximate surface area is 168 Å². The minimum Gasteiger partial charge on any atom is -0.479 e. The van der Waals surface area contributed by atoms with Gasteiger partial charge in [-0.15, -0.1) is 0 Å². The van der Waals surface area contributed by atoms with E-state index in [2.05, 4.69) is 0 Å². The lowest BCUT2D eigenvalue weighted by Crippen LogP contribution is -2.56. The van der Waals surface area contributed by atoms with Crippen molar-refractivity contribution in [1.29, 1.82) is 0 Å². The first-order chi connectivity index (χ1) is 12.9. The van der Waals surface area contributed by atoms with Crippen LogP contribution in [0.15, 0.2) is 0 Å². The maximum absolute atomic E-state index is 13.4. The molecule has 0 aromatic rings. The van der Waals surface area contributed by atoms with Crippen LogP contribution in [0.3, 0.4) is 0 Å². The van der Waals surface area contributed by atoms with Crippen LogP contribution in [-0.4, -0.2) is 77.4 Å². The Morgan fingerprint density at radius 2 is 1.75 bits per heavy atom. The zero-order valence-corrected chi connectivity index (χ0v) is 18.3. The molecule has 0 saturated heterocycles. The van der Waals surface area contributed by atoms with E-state index in [1.807, 2.05) is 13.8 Å². The van der Waals surface area contributed by atoms with Gasteiger partial charge in [-0.2, -0.15) is 0 Å². The Morgan fingerprint density at radius 1 is 1.18 bits per heavy atom. The SMILES string of the molecule is COCCCN(C(=O)C(CC(C)C)N(C)C(=O)OC(C)(C)C)C1(C(=O)O)CC1. The van der Waals surface area contributed by atoms with Crippen LogP contribution in [-0.2, 0) is 19.1 Å². The molecule has 162 valence electrons. The van der Waals surface area contributed by atoms with Gasteiger partial charge in [0.2, 0.25) is 5.91 Å².